The fraction of sp³-hybridized carbons (Fsp3) is 0.938. The van der Waals surface area contributed by atoms with Crippen LogP contribution in [0.15, 0.2) is 0 Å². The molecule has 3 atom stereocenters. The minimum atomic E-state index is -0.0360. The molecule has 104 valence electrons. The van der Waals surface area contributed by atoms with Crippen LogP contribution in [-0.2, 0) is 4.79 Å². The van der Waals surface area contributed by atoms with Crippen LogP contribution in [0.3, 0.4) is 0 Å². The van der Waals surface area contributed by atoms with Crippen LogP contribution < -0.4 is 0 Å². The van der Waals surface area contributed by atoms with Crippen molar-refractivity contribution < 1.29 is 9.28 Å². The first-order valence-electron chi connectivity index (χ1n) is 7.52. The zero-order valence-corrected chi connectivity index (χ0v) is 13.0. The molecule has 2 heteroatoms. The molecule has 2 fully saturated rings. The molecular weight excluding hydrogens is 222 g/mol. The first-order chi connectivity index (χ1) is 8.16. The molecule has 0 spiro atoms. The average molecular weight is 252 g/mol. The number of nitrogens with zero attached hydrogens (tertiary/aromatic N) is 1. The van der Waals surface area contributed by atoms with E-state index in [1.807, 2.05) is 0 Å². The molecule has 0 N–H and O–H groups in total. The highest BCUT2D eigenvalue weighted by Crippen LogP contribution is 2.66. The fourth-order valence-electron chi connectivity index (χ4n) is 4.25. The molecule has 2 saturated carbocycles. The molecule has 2 aliphatic carbocycles. The van der Waals surface area contributed by atoms with Gasteiger partial charge in [0, 0.05) is 17.8 Å². The predicted molar refractivity (Wildman–Crippen MR) is 75.2 cm³/mol. The summed E-state index contributed by atoms with van der Waals surface area (Å²) < 4.78 is 1.04. The summed E-state index contributed by atoms with van der Waals surface area (Å²) in [4.78, 5) is 12.7. The van der Waals surface area contributed by atoms with E-state index in [0.717, 1.165) is 30.4 Å². The van der Waals surface area contributed by atoms with E-state index < -0.39 is 0 Å². The van der Waals surface area contributed by atoms with Crippen LogP contribution in [0.5, 0.6) is 0 Å². The van der Waals surface area contributed by atoms with Crippen molar-refractivity contribution in [2.24, 2.45) is 22.7 Å². The van der Waals surface area contributed by atoms with E-state index in [2.05, 4.69) is 41.8 Å². The van der Waals surface area contributed by atoms with Gasteiger partial charge in [-0.15, -0.1) is 0 Å². The van der Waals surface area contributed by atoms with E-state index in [4.69, 9.17) is 0 Å². The quantitative estimate of drug-likeness (QED) is 0.703. The van der Waals surface area contributed by atoms with E-state index in [9.17, 15) is 4.79 Å². The van der Waals surface area contributed by atoms with Gasteiger partial charge >= 0.3 is 0 Å². The van der Waals surface area contributed by atoms with Gasteiger partial charge in [0.1, 0.15) is 5.78 Å². The molecule has 0 heterocycles. The van der Waals surface area contributed by atoms with Crippen LogP contribution in [0.1, 0.15) is 47.0 Å². The summed E-state index contributed by atoms with van der Waals surface area (Å²) in [5, 5.41) is 0. The molecule has 0 aromatic heterocycles. The Morgan fingerprint density at radius 1 is 1.28 bits per heavy atom. The van der Waals surface area contributed by atoms with Crippen LogP contribution in [-0.4, -0.2) is 37.5 Å². The first kappa shape index (κ1) is 14.0. The van der Waals surface area contributed by atoms with E-state index in [0.29, 0.717) is 17.6 Å². The second-order valence-corrected chi connectivity index (χ2v) is 7.93. The van der Waals surface area contributed by atoms with Gasteiger partial charge < -0.3 is 4.48 Å². The van der Waals surface area contributed by atoms with Gasteiger partial charge in [-0.25, -0.2) is 0 Å². The smallest absolute Gasteiger partial charge is 0.142 e. The lowest BCUT2D eigenvalue weighted by atomic mass is 9.70. The molecule has 0 aromatic rings. The van der Waals surface area contributed by atoms with Crippen molar-refractivity contribution in [2.45, 2.75) is 47.0 Å². The van der Waals surface area contributed by atoms with Gasteiger partial charge in [0.25, 0.3) is 0 Å². The number of Topliss-reactive ketones (excluding diaryl/α,β-unsaturated/α-hetero) is 1. The SMILES string of the molecule is CC[N+](C)(C)CCC1C(=O)[C@]2(C)CCC1C2(C)C. The molecule has 0 aliphatic heterocycles. The maximum atomic E-state index is 12.7. The molecular formula is C16H30NO+. The Bertz CT molecular complexity index is 358. The summed E-state index contributed by atoms with van der Waals surface area (Å²) in [6, 6.07) is 0. The molecule has 0 aromatic carbocycles. The Balaban J connectivity index is 2.11. The van der Waals surface area contributed by atoms with Gasteiger partial charge in [-0.1, -0.05) is 20.8 Å². The highest BCUT2D eigenvalue weighted by molar-refractivity contribution is 5.91. The van der Waals surface area contributed by atoms with Gasteiger partial charge in [-0.2, -0.15) is 0 Å². The highest BCUT2D eigenvalue weighted by atomic mass is 16.1. The van der Waals surface area contributed by atoms with Gasteiger partial charge in [-0.05, 0) is 31.1 Å². The van der Waals surface area contributed by atoms with Crippen molar-refractivity contribution in [2.75, 3.05) is 27.2 Å². The number of hydrogen-bond donors (Lipinski definition) is 0. The Labute approximate surface area is 112 Å². The summed E-state index contributed by atoms with van der Waals surface area (Å²) in [6.45, 7) is 11.4. The van der Waals surface area contributed by atoms with Crippen LogP contribution in [0.4, 0.5) is 0 Å². The first-order valence-corrected chi connectivity index (χ1v) is 7.52. The van der Waals surface area contributed by atoms with Crippen molar-refractivity contribution in [3.63, 3.8) is 0 Å². The number of rotatable bonds is 4. The normalized spacial score (nSPS) is 38.4. The van der Waals surface area contributed by atoms with Gasteiger partial charge in [0.15, 0.2) is 0 Å². The van der Waals surface area contributed by atoms with Crippen LogP contribution in [0.2, 0.25) is 0 Å². The largest absolute Gasteiger partial charge is 0.329 e. The van der Waals surface area contributed by atoms with Gasteiger partial charge in [0.05, 0.1) is 27.2 Å². The maximum Gasteiger partial charge on any atom is 0.142 e. The zero-order valence-electron chi connectivity index (χ0n) is 13.0. The summed E-state index contributed by atoms with van der Waals surface area (Å²) in [7, 11) is 4.54. The van der Waals surface area contributed by atoms with E-state index in [1.54, 1.807) is 0 Å². The molecule has 0 radical (unpaired) electrons. The highest BCUT2D eigenvalue weighted by Gasteiger charge is 2.65. The second kappa shape index (κ2) is 4.06. The number of hydrogen-bond acceptors (Lipinski definition) is 1. The van der Waals surface area contributed by atoms with E-state index in [1.165, 1.54) is 6.42 Å². The Morgan fingerprint density at radius 2 is 1.89 bits per heavy atom. The molecule has 2 nitrogen and oxygen atoms in total. The number of ketones is 1. The van der Waals surface area contributed by atoms with Crippen molar-refractivity contribution in [3.8, 4) is 0 Å². The number of quaternary nitrogens is 1. The maximum absolute atomic E-state index is 12.7. The molecule has 2 unspecified atom stereocenters. The molecule has 18 heavy (non-hydrogen) atoms. The Hall–Kier alpha value is -0.370. The summed E-state index contributed by atoms with van der Waals surface area (Å²) in [6.07, 6.45) is 3.47. The predicted octanol–water partition coefficient (Wildman–Crippen LogP) is 3.11. The lowest BCUT2D eigenvalue weighted by Crippen LogP contribution is -2.42. The summed E-state index contributed by atoms with van der Waals surface area (Å²) in [5.74, 6) is 1.54. The van der Waals surface area contributed by atoms with Gasteiger partial charge in [0.2, 0.25) is 0 Å². The lowest BCUT2D eigenvalue weighted by Gasteiger charge is -2.32. The Kier molecular flexibility index (Phi) is 3.17. The molecule has 0 amide bonds. The van der Waals surface area contributed by atoms with Gasteiger partial charge in [-0.3, -0.25) is 4.79 Å². The topological polar surface area (TPSA) is 17.1 Å². The third-order valence-corrected chi connectivity index (χ3v) is 6.57. The fourth-order valence-corrected chi connectivity index (χ4v) is 4.25. The van der Waals surface area contributed by atoms with Crippen LogP contribution in [0.25, 0.3) is 0 Å². The number of carbonyl (C=O) groups is 1. The summed E-state index contributed by atoms with van der Waals surface area (Å²) >= 11 is 0. The third-order valence-electron chi connectivity index (χ3n) is 6.57. The van der Waals surface area contributed by atoms with Crippen molar-refractivity contribution in [1.82, 2.24) is 0 Å². The second-order valence-electron chi connectivity index (χ2n) is 7.93. The van der Waals surface area contributed by atoms with E-state index >= 15 is 0 Å². The Morgan fingerprint density at radius 3 is 2.33 bits per heavy atom. The molecule has 0 saturated heterocycles. The molecule has 2 rings (SSSR count). The minimum Gasteiger partial charge on any atom is -0.329 e. The van der Waals surface area contributed by atoms with Crippen LogP contribution in [0, 0.1) is 22.7 Å². The van der Waals surface area contributed by atoms with Crippen molar-refractivity contribution in [3.05, 3.63) is 0 Å². The monoisotopic (exact) mass is 252 g/mol. The summed E-state index contributed by atoms with van der Waals surface area (Å²) in [5.41, 5.74) is 0.184. The number of fused-ring (bicyclic) bond motifs is 2. The average Bonchev–Trinajstić information content (AvgIpc) is 2.59. The minimum absolute atomic E-state index is 0.0360. The van der Waals surface area contributed by atoms with E-state index in [-0.39, 0.29) is 10.8 Å². The molecule has 2 bridgehead atoms. The number of carbonyl (C=O) groups excluding carboxylic acids is 1. The lowest BCUT2D eigenvalue weighted by molar-refractivity contribution is -0.889. The standard InChI is InChI=1S/C16H30NO/c1-7-17(5,6)11-9-12-13-8-10-16(4,14(12)18)15(13,2)3/h12-13H,7-11H2,1-6H3/q+1/t12?,13?,16-/m0/s1. The van der Waals surface area contributed by atoms with Crippen molar-refractivity contribution in [1.29, 1.82) is 0 Å². The van der Waals surface area contributed by atoms with Crippen molar-refractivity contribution >= 4 is 5.78 Å². The zero-order chi connectivity index (χ0) is 13.8. The molecule has 2 aliphatic rings. The third kappa shape index (κ3) is 1.76. The van der Waals surface area contributed by atoms with Crippen LogP contribution >= 0.6 is 0 Å².